The minimum Gasteiger partial charge on any atom is -0.465 e. The molecule has 0 saturated carbocycles. The van der Waals surface area contributed by atoms with Crippen molar-refractivity contribution in [3.63, 3.8) is 0 Å². The maximum Gasteiger partial charge on any atom is 0.337 e. The zero-order valence-electron chi connectivity index (χ0n) is 8.52. The van der Waals surface area contributed by atoms with Gasteiger partial charge in [-0.25, -0.2) is 4.79 Å². The Morgan fingerprint density at radius 3 is 2.73 bits per heavy atom. The predicted octanol–water partition coefficient (Wildman–Crippen LogP) is 1.72. The quantitative estimate of drug-likeness (QED) is 0.661. The van der Waals surface area contributed by atoms with Gasteiger partial charge in [-0.15, -0.1) is 0 Å². The molecule has 0 aliphatic heterocycles. The molecule has 0 amide bonds. The number of rotatable bonds is 1. The summed E-state index contributed by atoms with van der Waals surface area (Å²) in [7, 11) is 1.36. The van der Waals surface area contributed by atoms with Crippen molar-refractivity contribution in [1.82, 2.24) is 9.97 Å². The molecule has 0 radical (unpaired) electrons. The number of aryl methyl sites for hydroxylation is 1. The van der Waals surface area contributed by atoms with Gasteiger partial charge in [0.15, 0.2) is 0 Å². The number of hydrogen-bond donors (Lipinski definition) is 0. The molecular formula is C11H10N2O2. The van der Waals surface area contributed by atoms with Crippen molar-refractivity contribution in [2.45, 2.75) is 6.92 Å². The summed E-state index contributed by atoms with van der Waals surface area (Å²) in [6.45, 7) is 1.89. The molecule has 0 unspecified atom stereocenters. The summed E-state index contributed by atoms with van der Waals surface area (Å²) >= 11 is 0. The van der Waals surface area contributed by atoms with E-state index >= 15 is 0 Å². The monoisotopic (exact) mass is 202 g/mol. The van der Waals surface area contributed by atoms with Gasteiger partial charge < -0.3 is 4.74 Å². The van der Waals surface area contributed by atoms with E-state index in [9.17, 15) is 4.79 Å². The molecule has 1 heterocycles. The van der Waals surface area contributed by atoms with E-state index < -0.39 is 0 Å². The van der Waals surface area contributed by atoms with Gasteiger partial charge in [0.05, 0.1) is 23.7 Å². The van der Waals surface area contributed by atoms with Crippen LogP contribution in [-0.4, -0.2) is 23.0 Å². The number of nitrogens with zero attached hydrogens (tertiary/aromatic N) is 2. The van der Waals surface area contributed by atoms with Crippen LogP contribution in [0.2, 0.25) is 0 Å². The van der Waals surface area contributed by atoms with Crippen LogP contribution in [0.15, 0.2) is 24.5 Å². The molecule has 0 spiro atoms. The molecule has 76 valence electrons. The Bertz CT molecular complexity index is 523. The number of aromatic nitrogens is 2. The van der Waals surface area contributed by atoms with Crippen molar-refractivity contribution in [1.29, 1.82) is 0 Å². The third kappa shape index (κ3) is 1.66. The van der Waals surface area contributed by atoms with Crippen LogP contribution in [0.25, 0.3) is 11.0 Å². The number of fused-ring (bicyclic) bond motifs is 1. The van der Waals surface area contributed by atoms with E-state index in [4.69, 9.17) is 0 Å². The van der Waals surface area contributed by atoms with Gasteiger partial charge in [-0.05, 0) is 24.6 Å². The first-order valence-corrected chi connectivity index (χ1v) is 4.52. The third-order valence-corrected chi connectivity index (χ3v) is 2.19. The molecule has 1 aromatic carbocycles. The van der Waals surface area contributed by atoms with E-state index in [0.29, 0.717) is 11.1 Å². The number of benzene rings is 1. The van der Waals surface area contributed by atoms with Crippen LogP contribution < -0.4 is 0 Å². The zero-order valence-corrected chi connectivity index (χ0v) is 8.52. The molecule has 0 atom stereocenters. The first-order valence-electron chi connectivity index (χ1n) is 4.52. The van der Waals surface area contributed by atoms with Crippen molar-refractivity contribution in [2.24, 2.45) is 0 Å². The number of methoxy groups -OCH3 is 1. The molecule has 0 aliphatic carbocycles. The summed E-state index contributed by atoms with van der Waals surface area (Å²) in [5.74, 6) is -0.356. The molecule has 2 aromatic rings. The lowest BCUT2D eigenvalue weighted by molar-refractivity contribution is 0.0601. The highest BCUT2D eigenvalue weighted by Crippen LogP contribution is 2.16. The number of esters is 1. The fourth-order valence-corrected chi connectivity index (χ4v) is 1.48. The molecule has 0 saturated heterocycles. The van der Waals surface area contributed by atoms with Gasteiger partial charge in [0.1, 0.15) is 0 Å². The zero-order chi connectivity index (χ0) is 10.8. The Hall–Kier alpha value is -1.97. The van der Waals surface area contributed by atoms with E-state index in [1.807, 2.05) is 6.92 Å². The Labute approximate surface area is 86.9 Å². The molecule has 0 N–H and O–H groups in total. The highest BCUT2D eigenvalue weighted by Gasteiger charge is 2.09. The number of ether oxygens (including phenoxy) is 1. The maximum absolute atomic E-state index is 11.3. The Morgan fingerprint density at radius 1 is 1.27 bits per heavy atom. The summed E-state index contributed by atoms with van der Waals surface area (Å²) < 4.78 is 4.65. The highest BCUT2D eigenvalue weighted by molar-refractivity contribution is 5.94. The Balaban J connectivity index is 2.67. The summed E-state index contributed by atoms with van der Waals surface area (Å²) in [6.07, 6.45) is 3.23. The van der Waals surface area contributed by atoms with Crippen LogP contribution >= 0.6 is 0 Å². The van der Waals surface area contributed by atoms with Gasteiger partial charge in [0.2, 0.25) is 0 Å². The average molecular weight is 202 g/mol. The molecule has 0 fully saturated rings. The van der Waals surface area contributed by atoms with Gasteiger partial charge in [0.25, 0.3) is 0 Å². The van der Waals surface area contributed by atoms with E-state index in [2.05, 4.69) is 14.7 Å². The standard InChI is InChI=1S/C11H10N2O2/c1-7-5-8(11(14)15-2)6-9-10(7)13-4-3-12-9/h3-6H,1-2H3. The number of carbonyl (C=O) groups is 1. The van der Waals surface area contributed by atoms with Gasteiger partial charge in [0, 0.05) is 12.4 Å². The first kappa shape index (κ1) is 9.58. The largest absolute Gasteiger partial charge is 0.465 e. The number of carbonyl (C=O) groups excluding carboxylic acids is 1. The van der Waals surface area contributed by atoms with Crippen molar-refractivity contribution in [3.8, 4) is 0 Å². The van der Waals surface area contributed by atoms with E-state index in [1.54, 1.807) is 24.5 Å². The normalized spacial score (nSPS) is 10.3. The lowest BCUT2D eigenvalue weighted by Crippen LogP contribution is -2.02. The number of hydrogen-bond acceptors (Lipinski definition) is 4. The van der Waals surface area contributed by atoms with Gasteiger partial charge in [-0.1, -0.05) is 0 Å². The lowest BCUT2D eigenvalue weighted by atomic mass is 10.1. The molecule has 0 bridgehead atoms. The second kappa shape index (κ2) is 3.65. The van der Waals surface area contributed by atoms with E-state index in [0.717, 1.165) is 11.1 Å². The molecule has 1 aromatic heterocycles. The van der Waals surface area contributed by atoms with Gasteiger partial charge in [-0.3, -0.25) is 9.97 Å². The van der Waals surface area contributed by atoms with Crippen LogP contribution in [0.1, 0.15) is 15.9 Å². The van der Waals surface area contributed by atoms with Crippen molar-refractivity contribution < 1.29 is 9.53 Å². The van der Waals surface area contributed by atoms with Gasteiger partial charge >= 0.3 is 5.97 Å². The summed E-state index contributed by atoms with van der Waals surface area (Å²) in [5.41, 5.74) is 2.94. The summed E-state index contributed by atoms with van der Waals surface area (Å²) in [4.78, 5) is 19.7. The Kier molecular flexibility index (Phi) is 2.33. The summed E-state index contributed by atoms with van der Waals surface area (Å²) in [6, 6.07) is 3.43. The minimum absolute atomic E-state index is 0.356. The molecule has 4 heteroatoms. The third-order valence-electron chi connectivity index (χ3n) is 2.19. The van der Waals surface area contributed by atoms with Crippen LogP contribution in [0.3, 0.4) is 0 Å². The van der Waals surface area contributed by atoms with Crippen LogP contribution in [-0.2, 0) is 4.74 Å². The van der Waals surface area contributed by atoms with Crippen molar-refractivity contribution >= 4 is 17.0 Å². The van der Waals surface area contributed by atoms with Crippen LogP contribution in [0.5, 0.6) is 0 Å². The fraction of sp³-hybridized carbons (Fsp3) is 0.182. The smallest absolute Gasteiger partial charge is 0.337 e. The lowest BCUT2D eigenvalue weighted by Gasteiger charge is -2.03. The first-order chi connectivity index (χ1) is 7.22. The van der Waals surface area contributed by atoms with E-state index in [-0.39, 0.29) is 5.97 Å². The summed E-state index contributed by atoms with van der Waals surface area (Å²) in [5, 5.41) is 0. The van der Waals surface area contributed by atoms with E-state index in [1.165, 1.54) is 7.11 Å². The van der Waals surface area contributed by atoms with Crippen LogP contribution in [0.4, 0.5) is 0 Å². The average Bonchev–Trinajstić information content (AvgIpc) is 2.28. The molecule has 2 rings (SSSR count). The highest BCUT2D eigenvalue weighted by atomic mass is 16.5. The maximum atomic E-state index is 11.3. The van der Waals surface area contributed by atoms with Crippen LogP contribution in [0, 0.1) is 6.92 Å². The molecule has 0 aliphatic rings. The Morgan fingerprint density at radius 2 is 2.00 bits per heavy atom. The fourth-order valence-electron chi connectivity index (χ4n) is 1.48. The SMILES string of the molecule is COC(=O)c1cc(C)c2nccnc2c1. The second-order valence-electron chi connectivity index (χ2n) is 3.21. The van der Waals surface area contributed by atoms with Gasteiger partial charge in [-0.2, -0.15) is 0 Å². The molecular weight excluding hydrogens is 192 g/mol. The predicted molar refractivity (Wildman–Crippen MR) is 55.6 cm³/mol. The molecule has 15 heavy (non-hydrogen) atoms. The minimum atomic E-state index is -0.356. The second-order valence-corrected chi connectivity index (χ2v) is 3.21. The van der Waals surface area contributed by atoms with Crippen molar-refractivity contribution in [3.05, 3.63) is 35.7 Å². The van der Waals surface area contributed by atoms with Crippen molar-refractivity contribution in [2.75, 3.05) is 7.11 Å². The molecule has 4 nitrogen and oxygen atoms in total. The topological polar surface area (TPSA) is 52.1 Å².